The molecule has 6 heteroatoms. The molecule has 0 aliphatic carbocycles. The molecule has 0 N–H and O–H groups in total. The molecular formula is C26H37N3O3. The van der Waals surface area contributed by atoms with Crippen molar-refractivity contribution in [2.45, 2.75) is 38.0 Å². The second-order valence-electron chi connectivity index (χ2n) is 9.18. The molecule has 0 amide bonds. The minimum Gasteiger partial charge on any atom is -0.493 e. The zero-order valence-corrected chi connectivity index (χ0v) is 19.9. The van der Waals surface area contributed by atoms with Gasteiger partial charge in [-0.15, -0.1) is 0 Å². The molecule has 1 saturated heterocycles. The van der Waals surface area contributed by atoms with Gasteiger partial charge in [-0.3, -0.25) is 9.80 Å². The zero-order chi connectivity index (χ0) is 22.5. The largest absolute Gasteiger partial charge is 0.493 e. The van der Waals surface area contributed by atoms with E-state index in [0.29, 0.717) is 12.1 Å². The lowest BCUT2D eigenvalue weighted by Crippen LogP contribution is -2.49. The fourth-order valence-corrected chi connectivity index (χ4v) is 5.10. The van der Waals surface area contributed by atoms with Crippen LogP contribution < -0.4 is 14.2 Å². The molecule has 2 aromatic carbocycles. The first kappa shape index (κ1) is 22.9. The maximum atomic E-state index is 6.22. The summed E-state index contributed by atoms with van der Waals surface area (Å²) in [5.41, 5.74) is 2.47. The van der Waals surface area contributed by atoms with Crippen molar-refractivity contribution in [3.8, 4) is 17.2 Å². The molecule has 0 radical (unpaired) electrons. The summed E-state index contributed by atoms with van der Waals surface area (Å²) in [6, 6.07) is 15.5. The summed E-state index contributed by atoms with van der Waals surface area (Å²) in [4.78, 5) is 7.52. The summed E-state index contributed by atoms with van der Waals surface area (Å²) < 4.78 is 17.4. The smallest absolute Gasteiger partial charge is 0.165 e. The predicted octanol–water partition coefficient (Wildman–Crippen LogP) is 3.49. The number of likely N-dealkylation sites (N-methyl/N-ethyl adjacent to an activating group) is 1. The molecule has 4 rings (SSSR count). The first-order valence-electron chi connectivity index (χ1n) is 11.6. The molecule has 0 aromatic heterocycles. The van der Waals surface area contributed by atoms with Crippen molar-refractivity contribution >= 4 is 0 Å². The number of para-hydroxylation sites is 2. The molecule has 0 bridgehead atoms. The Labute approximate surface area is 192 Å². The third-order valence-corrected chi connectivity index (χ3v) is 6.67. The molecule has 174 valence electrons. The Morgan fingerprint density at radius 3 is 2.62 bits per heavy atom. The van der Waals surface area contributed by atoms with E-state index in [1.807, 2.05) is 6.07 Å². The number of hydrogen-bond acceptors (Lipinski definition) is 6. The first-order chi connectivity index (χ1) is 15.6. The maximum Gasteiger partial charge on any atom is 0.165 e. The number of rotatable bonds is 8. The number of hydrogen-bond donors (Lipinski definition) is 0. The topological polar surface area (TPSA) is 37.4 Å². The van der Waals surface area contributed by atoms with Crippen LogP contribution in [-0.4, -0.2) is 81.3 Å². The van der Waals surface area contributed by atoms with Gasteiger partial charge in [0.25, 0.3) is 0 Å². The predicted molar refractivity (Wildman–Crippen MR) is 128 cm³/mol. The normalized spacial score (nSPS) is 21.8. The SMILES string of the molecule is COc1cccc(CN2CCCC2CN2Cc3ccccc3OCC2CN(C)C)c1OC. The Morgan fingerprint density at radius 1 is 1.00 bits per heavy atom. The standard InChI is InChI=1S/C26H37N3O3/c1-27(2)17-23-19-32-24-12-6-5-9-20(24)15-29(23)18-22-11-8-14-28(22)16-21-10-7-13-25(30-3)26(21)31-4/h5-7,9-10,12-13,22-23H,8,11,14-19H2,1-4H3. The molecule has 2 aliphatic heterocycles. The van der Waals surface area contributed by atoms with Crippen molar-refractivity contribution in [2.24, 2.45) is 0 Å². The lowest BCUT2D eigenvalue weighted by molar-refractivity contribution is 0.0873. The summed E-state index contributed by atoms with van der Waals surface area (Å²) in [7, 11) is 7.72. The molecule has 32 heavy (non-hydrogen) atoms. The quantitative estimate of drug-likeness (QED) is 0.627. The van der Waals surface area contributed by atoms with E-state index in [-0.39, 0.29) is 0 Å². The average Bonchev–Trinajstić information content (AvgIpc) is 3.15. The fraction of sp³-hybridized carbons (Fsp3) is 0.538. The van der Waals surface area contributed by atoms with Crippen molar-refractivity contribution < 1.29 is 14.2 Å². The molecule has 6 nitrogen and oxygen atoms in total. The third-order valence-electron chi connectivity index (χ3n) is 6.67. The molecule has 2 aliphatic rings. The van der Waals surface area contributed by atoms with Crippen molar-refractivity contribution in [1.82, 2.24) is 14.7 Å². The van der Waals surface area contributed by atoms with E-state index in [0.717, 1.165) is 56.6 Å². The van der Waals surface area contributed by atoms with Crippen LogP contribution in [0.2, 0.25) is 0 Å². The minimum atomic E-state index is 0.367. The van der Waals surface area contributed by atoms with Crippen LogP contribution in [0, 0.1) is 0 Å². The van der Waals surface area contributed by atoms with Crippen LogP contribution >= 0.6 is 0 Å². The van der Waals surface area contributed by atoms with E-state index in [1.165, 1.54) is 24.0 Å². The highest BCUT2D eigenvalue weighted by Gasteiger charge is 2.32. The van der Waals surface area contributed by atoms with Gasteiger partial charge >= 0.3 is 0 Å². The highest BCUT2D eigenvalue weighted by atomic mass is 16.5. The Kier molecular flexibility index (Phi) is 7.55. The minimum absolute atomic E-state index is 0.367. The van der Waals surface area contributed by atoms with Crippen molar-refractivity contribution in [3.63, 3.8) is 0 Å². The molecule has 2 atom stereocenters. The zero-order valence-electron chi connectivity index (χ0n) is 19.9. The van der Waals surface area contributed by atoms with Crippen LogP contribution in [0.3, 0.4) is 0 Å². The number of ether oxygens (including phenoxy) is 3. The Balaban J connectivity index is 1.52. The van der Waals surface area contributed by atoms with E-state index in [2.05, 4.69) is 65.2 Å². The summed E-state index contributed by atoms with van der Waals surface area (Å²) in [6.45, 7) is 5.69. The molecular weight excluding hydrogens is 402 g/mol. The lowest BCUT2D eigenvalue weighted by atomic mass is 10.1. The van der Waals surface area contributed by atoms with Crippen LogP contribution in [0.5, 0.6) is 17.2 Å². The van der Waals surface area contributed by atoms with Gasteiger partial charge in [0.2, 0.25) is 0 Å². The van der Waals surface area contributed by atoms with Crippen molar-refractivity contribution in [1.29, 1.82) is 0 Å². The maximum absolute atomic E-state index is 6.22. The summed E-state index contributed by atoms with van der Waals surface area (Å²) in [5.74, 6) is 2.68. The van der Waals surface area contributed by atoms with E-state index in [9.17, 15) is 0 Å². The second-order valence-corrected chi connectivity index (χ2v) is 9.18. The number of benzene rings is 2. The number of fused-ring (bicyclic) bond motifs is 1. The molecule has 0 saturated carbocycles. The number of likely N-dealkylation sites (tertiary alicyclic amines) is 1. The summed E-state index contributed by atoms with van der Waals surface area (Å²) >= 11 is 0. The fourth-order valence-electron chi connectivity index (χ4n) is 5.10. The van der Waals surface area contributed by atoms with Crippen LogP contribution in [0.25, 0.3) is 0 Å². The van der Waals surface area contributed by atoms with Gasteiger partial charge in [-0.25, -0.2) is 0 Å². The second kappa shape index (κ2) is 10.6. The highest BCUT2D eigenvalue weighted by molar-refractivity contribution is 5.46. The third kappa shape index (κ3) is 5.20. The van der Waals surface area contributed by atoms with Gasteiger partial charge in [0, 0.05) is 43.3 Å². The number of methoxy groups -OCH3 is 2. The Hall–Kier alpha value is -2.28. The monoisotopic (exact) mass is 439 g/mol. The van der Waals surface area contributed by atoms with Crippen LogP contribution in [0.1, 0.15) is 24.0 Å². The van der Waals surface area contributed by atoms with Crippen molar-refractivity contribution in [2.75, 3.05) is 54.6 Å². The molecule has 2 aromatic rings. The summed E-state index contributed by atoms with van der Waals surface area (Å²) in [6.07, 6.45) is 2.45. The van der Waals surface area contributed by atoms with Gasteiger partial charge in [0.05, 0.1) is 20.3 Å². The van der Waals surface area contributed by atoms with E-state index < -0.39 is 0 Å². The van der Waals surface area contributed by atoms with Gasteiger partial charge in [-0.2, -0.15) is 0 Å². The molecule has 0 spiro atoms. The molecule has 2 heterocycles. The van der Waals surface area contributed by atoms with Gasteiger partial charge in [0.1, 0.15) is 12.4 Å². The Morgan fingerprint density at radius 2 is 1.84 bits per heavy atom. The average molecular weight is 440 g/mol. The Bertz CT molecular complexity index is 888. The van der Waals surface area contributed by atoms with Crippen LogP contribution in [-0.2, 0) is 13.1 Å². The van der Waals surface area contributed by atoms with E-state index in [4.69, 9.17) is 14.2 Å². The molecule has 1 fully saturated rings. The van der Waals surface area contributed by atoms with Gasteiger partial charge in [-0.05, 0) is 45.6 Å². The number of nitrogens with zero attached hydrogens (tertiary/aromatic N) is 3. The van der Waals surface area contributed by atoms with E-state index >= 15 is 0 Å². The van der Waals surface area contributed by atoms with Gasteiger partial charge < -0.3 is 19.1 Å². The van der Waals surface area contributed by atoms with E-state index in [1.54, 1.807) is 14.2 Å². The van der Waals surface area contributed by atoms with Crippen molar-refractivity contribution in [3.05, 3.63) is 53.6 Å². The van der Waals surface area contributed by atoms with Crippen LogP contribution in [0.15, 0.2) is 42.5 Å². The van der Waals surface area contributed by atoms with Gasteiger partial charge in [0.15, 0.2) is 11.5 Å². The highest BCUT2D eigenvalue weighted by Crippen LogP contribution is 2.34. The van der Waals surface area contributed by atoms with Crippen LogP contribution in [0.4, 0.5) is 0 Å². The molecule has 2 unspecified atom stereocenters. The lowest BCUT2D eigenvalue weighted by Gasteiger charge is -2.35. The summed E-state index contributed by atoms with van der Waals surface area (Å²) in [5, 5.41) is 0. The first-order valence-corrected chi connectivity index (χ1v) is 11.6. The van der Waals surface area contributed by atoms with Gasteiger partial charge in [-0.1, -0.05) is 30.3 Å².